The summed E-state index contributed by atoms with van der Waals surface area (Å²) >= 11 is 0. The lowest BCUT2D eigenvalue weighted by Crippen LogP contribution is -2.33. The van der Waals surface area contributed by atoms with Crippen LogP contribution in [0.15, 0.2) is 24.3 Å². The number of nitrogens with two attached hydrogens (primary N) is 1. The third-order valence-corrected chi connectivity index (χ3v) is 4.27. The number of rotatable bonds is 5. The van der Waals surface area contributed by atoms with E-state index in [1.54, 1.807) is 13.8 Å². The van der Waals surface area contributed by atoms with Gasteiger partial charge in [0.2, 0.25) is 0 Å². The Morgan fingerprint density at radius 2 is 1.57 bits per heavy atom. The molecule has 0 radical (unpaired) electrons. The zero-order chi connectivity index (χ0) is 16.4. The van der Waals surface area contributed by atoms with Crippen LogP contribution in [-0.2, 0) is 16.9 Å². The van der Waals surface area contributed by atoms with E-state index in [2.05, 4.69) is 0 Å². The van der Waals surface area contributed by atoms with Crippen LogP contribution in [0.5, 0.6) is 0 Å². The molecule has 0 aliphatic carbocycles. The first-order valence-corrected chi connectivity index (χ1v) is 7.44. The van der Waals surface area contributed by atoms with Crippen LogP contribution in [0, 0.1) is 0 Å². The van der Waals surface area contributed by atoms with Crippen molar-refractivity contribution in [2.45, 2.75) is 43.5 Å². The number of benzene rings is 1. The first-order valence-electron chi connectivity index (χ1n) is 6.16. The summed E-state index contributed by atoms with van der Waals surface area (Å²) in [6.45, 7) is 3.44. The van der Waals surface area contributed by atoms with E-state index in [1.807, 2.05) is 0 Å². The minimum atomic E-state index is -5.62. The molecule has 0 spiro atoms. The lowest BCUT2D eigenvalue weighted by molar-refractivity contribution is -0.289. The van der Waals surface area contributed by atoms with Crippen LogP contribution in [0.25, 0.3) is 0 Å². The molecule has 2 nitrogen and oxygen atoms in total. The molecule has 8 heteroatoms. The Morgan fingerprint density at radius 1 is 1.10 bits per heavy atom. The van der Waals surface area contributed by atoms with E-state index in [9.17, 15) is 26.2 Å². The van der Waals surface area contributed by atoms with Crippen molar-refractivity contribution in [2.75, 3.05) is 0 Å². The first-order chi connectivity index (χ1) is 9.46. The van der Waals surface area contributed by atoms with Crippen molar-refractivity contribution < 1.29 is 26.2 Å². The van der Waals surface area contributed by atoms with Crippen LogP contribution < -0.4 is 5.14 Å². The van der Waals surface area contributed by atoms with Crippen LogP contribution in [0.1, 0.15) is 37.3 Å². The summed E-state index contributed by atoms with van der Waals surface area (Å²) in [6, 6.07) is 3.99. The molecule has 2 unspecified atom stereocenters. The van der Waals surface area contributed by atoms with Gasteiger partial charge in [-0.2, -0.15) is 22.0 Å². The summed E-state index contributed by atoms with van der Waals surface area (Å²) in [5.74, 6) is -5.03. The van der Waals surface area contributed by atoms with E-state index >= 15 is 0 Å². The molecule has 2 N–H and O–H groups in total. The van der Waals surface area contributed by atoms with Crippen molar-refractivity contribution in [1.29, 1.82) is 0 Å². The van der Waals surface area contributed by atoms with E-state index in [4.69, 9.17) is 5.14 Å². The third-order valence-electron chi connectivity index (χ3n) is 3.28. The fourth-order valence-corrected chi connectivity index (χ4v) is 2.39. The molecule has 120 valence electrons. The molecule has 0 fully saturated rings. The molecule has 0 heterocycles. The highest BCUT2D eigenvalue weighted by Crippen LogP contribution is 2.44. The second-order valence-corrected chi connectivity index (χ2v) is 6.43. The summed E-state index contributed by atoms with van der Waals surface area (Å²) < 4.78 is 74.1. The molecule has 0 saturated heterocycles. The molecule has 0 saturated carbocycles. The SMILES string of the molecule is CC(C[C@H](C)c1ccc(C(F)(F)C(F)(F)F)cc1)S(N)=O. The smallest absolute Gasteiger partial charge is 0.252 e. The van der Waals surface area contributed by atoms with Gasteiger partial charge in [-0.05, 0) is 24.8 Å². The summed E-state index contributed by atoms with van der Waals surface area (Å²) in [5, 5.41) is 4.94. The van der Waals surface area contributed by atoms with Gasteiger partial charge in [0.1, 0.15) is 0 Å². The van der Waals surface area contributed by atoms with Crippen LogP contribution in [0.3, 0.4) is 0 Å². The van der Waals surface area contributed by atoms with Crippen LogP contribution in [0.4, 0.5) is 22.0 Å². The molecule has 0 aliphatic rings. The fraction of sp³-hybridized carbons (Fsp3) is 0.538. The molecular weight excluding hydrogens is 313 g/mol. The maximum absolute atomic E-state index is 13.1. The van der Waals surface area contributed by atoms with Gasteiger partial charge in [0.05, 0.1) is 11.0 Å². The van der Waals surface area contributed by atoms with Crippen molar-refractivity contribution in [2.24, 2.45) is 5.14 Å². The van der Waals surface area contributed by atoms with E-state index in [0.717, 1.165) is 12.1 Å². The van der Waals surface area contributed by atoms with Crippen molar-refractivity contribution in [1.82, 2.24) is 0 Å². The summed E-state index contributed by atoms with van der Waals surface area (Å²) in [7, 11) is -1.50. The zero-order valence-corrected chi connectivity index (χ0v) is 12.3. The lowest BCUT2D eigenvalue weighted by atomic mass is 9.94. The quantitative estimate of drug-likeness (QED) is 0.820. The monoisotopic (exact) mass is 329 g/mol. The van der Waals surface area contributed by atoms with Crippen molar-refractivity contribution in [3.63, 3.8) is 0 Å². The number of halogens is 5. The normalized spacial score (nSPS) is 17.3. The van der Waals surface area contributed by atoms with Gasteiger partial charge in [0, 0.05) is 10.8 Å². The standard InChI is InChI=1S/C13H16F5NOS/c1-8(7-9(2)21(19)20)10-3-5-11(6-4-10)12(14,15)13(16,17)18/h3-6,8-9H,7,19H2,1-2H3/t8-,9?,21?/m0/s1. The summed E-state index contributed by atoms with van der Waals surface area (Å²) in [6.07, 6.45) is -5.18. The summed E-state index contributed by atoms with van der Waals surface area (Å²) in [5.41, 5.74) is -0.504. The predicted octanol–water partition coefficient (Wildman–Crippen LogP) is 3.85. The second kappa shape index (κ2) is 6.39. The van der Waals surface area contributed by atoms with Gasteiger partial charge in [-0.15, -0.1) is 0 Å². The molecule has 0 amide bonds. The molecule has 1 aromatic rings. The Balaban J connectivity index is 2.90. The van der Waals surface area contributed by atoms with Crippen molar-refractivity contribution >= 4 is 11.0 Å². The molecule has 1 aromatic carbocycles. The predicted molar refractivity (Wildman–Crippen MR) is 71.2 cm³/mol. The average molecular weight is 329 g/mol. The van der Waals surface area contributed by atoms with Crippen LogP contribution >= 0.6 is 0 Å². The highest BCUT2D eigenvalue weighted by atomic mass is 32.2. The van der Waals surface area contributed by atoms with E-state index < -0.39 is 28.6 Å². The Labute approximate surface area is 122 Å². The third kappa shape index (κ3) is 4.23. The van der Waals surface area contributed by atoms with Gasteiger partial charge < -0.3 is 0 Å². The molecule has 0 aliphatic heterocycles. The molecule has 3 atom stereocenters. The highest BCUT2D eigenvalue weighted by molar-refractivity contribution is 7.83. The Kier molecular flexibility index (Phi) is 5.49. The highest BCUT2D eigenvalue weighted by Gasteiger charge is 2.58. The maximum atomic E-state index is 13.1. The van der Waals surface area contributed by atoms with Gasteiger partial charge in [0.25, 0.3) is 0 Å². The first kappa shape index (κ1) is 18.0. The summed E-state index contributed by atoms with van der Waals surface area (Å²) in [4.78, 5) is 0. The van der Waals surface area contributed by atoms with Gasteiger partial charge >= 0.3 is 12.1 Å². The largest absolute Gasteiger partial charge is 0.458 e. The maximum Gasteiger partial charge on any atom is 0.458 e. The second-order valence-electron chi connectivity index (χ2n) is 4.97. The Bertz CT molecular complexity index is 500. The van der Waals surface area contributed by atoms with E-state index in [1.165, 1.54) is 12.1 Å². The molecular formula is C13H16F5NOS. The number of hydrogen-bond donors (Lipinski definition) is 1. The Hall–Kier alpha value is -1.02. The van der Waals surface area contributed by atoms with Gasteiger partial charge in [0.15, 0.2) is 0 Å². The van der Waals surface area contributed by atoms with E-state index in [0.29, 0.717) is 12.0 Å². The average Bonchev–Trinajstić information content (AvgIpc) is 2.37. The van der Waals surface area contributed by atoms with Crippen LogP contribution in [-0.4, -0.2) is 15.6 Å². The fourth-order valence-electron chi connectivity index (χ4n) is 1.91. The van der Waals surface area contributed by atoms with Crippen molar-refractivity contribution in [3.05, 3.63) is 35.4 Å². The minimum Gasteiger partial charge on any atom is -0.252 e. The topological polar surface area (TPSA) is 43.1 Å². The Morgan fingerprint density at radius 3 is 1.95 bits per heavy atom. The molecule has 0 aromatic heterocycles. The molecule has 0 bridgehead atoms. The van der Waals surface area contributed by atoms with Crippen LogP contribution in [0.2, 0.25) is 0 Å². The zero-order valence-electron chi connectivity index (χ0n) is 11.5. The van der Waals surface area contributed by atoms with Gasteiger partial charge in [-0.3, -0.25) is 5.14 Å². The van der Waals surface area contributed by atoms with Crippen molar-refractivity contribution in [3.8, 4) is 0 Å². The molecule has 1 rings (SSSR count). The van der Waals surface area contributed by atoms with Gasteiger partial charge in [-0.1, -0.05) is 31.2 Å². The lowest BCUT2D eigenvalue weighted by Gasteiger charge is -2.21. The molecule has 21 heavy (non-hydrogen) atoms. The minimum absolute atomic E-state index is 0.152. The number of hydrogen-bond acceptors (Lipinski definition) is 1. The number of alkyl halides is 5. The van der Waals surface area contributed by atoms with Gasteiger partial charge in [-0.25, -0.2) is 4.21 Å². The van der Waals surface area contributed by atoms with E-state index in [-0.39, 0.29) is 11.2 Å².